The van der Waals surface area contributed by atoms with Crippen molar-refractivity contribution in [2.24, 2.45) is 0 Å². The smallest absolute Gasteiger partial charge is 0.124 e. The first-order valence-corrected chi connectivity index (χ1v) is 11.5. The average molecular weight is 450 g/mol. The maximum absolute atomic E-state index is 10.8. The Morgan fingerprint density at radius 3 is 1.58 bits per heavy atom. The van der Waals surface area contributed by atoms with Gasteiger partial charge in [-0.3, -0.25) is 0 Å². The molecule has 0 saturated carbocycles. The van der Waals surface area contributed by atoms with Gasteiger partial charge in [-0.15, -0.1) is 0 Å². The third-order valence-corrected chi connectivity index (χ3v) is 6.01. The molecule has 5 nitrogen and oxygen atoms in total. The molecule has 0 aliphatic carbocycles. The number of ether oxygens (including phenoxy) is 2. The Kier molecular flexibility index (Phi) is 9.76. The maximum Gasteiger partial charge on any atom is 0.124 e. The molecule has 0 heterocycles. The summed E-state index contributed by atoms with van der Waals surface area (Å²) in [6.45, 7) is 0.737. The van der Waals surface area contributed by atoms with Crippen LogP contribution in [0.2, 0.25) is 0 Å². The summed E-state index contributed by atoms with van der Waals surface area (Å²) in [6.07, 6.45) is 1.51. The second kappa shape index (κ2) is 13.0. The van der Waals surface area contributed by atoms with E-state index >= 15 is 0 Å². The Hall–Kier alpha value is -2.86. The van der Waals surface area contributed by atoms with Crippen LogP contribution in [0.3, 0.4) is 0 Å². The minimum atomic E-state index is -0.610. The van der Waals surface area contributed by atoms with Crippen LogP contribution in [-0.2, 0) is 6.54 Å². The fourth-order valence-electron chi connectivity index (χ4n) is 4.12. The summed E-state index contributed by atoms with van der Waals surface area (Å²) in [7, 11) is 3.24. The van der Waals surface area contributed by atoms with Crippen LogP contribution in [0.5, 0.6) is 11.5 Å². The van der Waals surface area contributed by atoms with Crippen LogP contribution in [0.15, 0.2) is 78.9 Å². The number of rotatable bonds is 13. The number of para-hydroxylation sites is 2. The van der Waals surface area contributed by atoms with Crippen molar-refractivity contribution in [3.05, 3.63) is 95.6 Å². The fourth-order valence-corrected chi connectivity index (χ4v) is 4.12. The van der Waals surface area contributed by atoms with Crippen LogP contribution < -0.4 is 14.8 Å². The third kappa shape index (κ3) is 7.32. The molecule has 0 amide bonds. The van der Waals surface area contributed by atoms with Gasteiger partial charge in [0.15, 0.2) is 0 Å². The summed E-state index contributed by atoms with van der Waals surface area (Å²) in [5.41, 5.74) is 2.81. The highest BCUT2D eigenvalue weighted by Gasteiger charge is 2.19. The van der Waals surface area contributed by atoms with E-state index in [9.17, 15) is 10.2 Å². The molecular formula is C28H35NO4. The van der Waals surface area contributed by atoms with Crippen LogP contribution in [0.1, 0.15) is 54.6 Å². The number of nitrogens with one attached hydrogen (secondary N) is 1. The average Bonchev–Trinajstić information content (AvgIpc) is 2.88. The Morgan fingerprint density at radius 1 is 0.636 bits per heavy atom. The predicted molar refractivity (Wildman–Crippen MR) is 131 cm³/mol. The molecule has 0 unspecified atom stereocenters. The monoisotopic (exact) mass is 449 g/mol. The van der Waals surface area contributed by atoms with E-state index in [1.165, 1.54) is 5.56 Å². The SMILES string of the molecule is COc1ccccc1[C@H](O)CCC(CC[C@@H](O)c1ccccc1OC)NCc1ccccc1. The van der Waals surface area contributed by atoms with E-state index in [1.54, 1.807) is 14.2 Å². The van der Waals surface area contributed by atoms with Gasteiger partial charge in [-0.05, 0) is 43.4 Å². The molecule has 3 aromatic carbocycles. The second-order valence-electron chi connectivity index (χ2n) is 8.23. The second-order valence-corrected chi connectivity index (χ2v) is 8.23. The van der Waals surface area contributed by atoms with E-state index in [2.05, 4.69) is 17.4 Å². The van der Waals surface area contributed by atoms with Gasteiger partial charge in [0, 0.05) is 23.7 Å². The molecule has 176 valence electrons. The normalized spacial score (nSPS) is 13.0. The van der Waals surface area contributed by atoms with Crippen molar-refractivity contribution in [1.82, 2.24) is 5.32 Å². The molecule has 0 aliphatic rings. The Morgan fingerprint density at radius 2 is 1.09 bits per heavy atom. The van der Waals surface area contributed by atoms with Gasteiger partial charge in [-0.1, -0.05) is 66.7 Å². The first-order chi connectivity index (χ1) is 16.1. The van der Waals surface area contributed by atoms with Gasteiger partial charge in [0.05, 0.1) is 26.4 Å². The van der Waals surface area contributed by atoms with E-state index in [1.807, 2.05) is 66.7 Å². The highest BCUT2D eigenvalue weighted by molar-refractivity contribution is 5.35. The minimum absolute atomic E-state index is 0.138. The molecule has 0 bridgehead atoms. The summed E-state index contributed by atoms with van der Waals surface area (Å²) >= 11 is 0. The van der Waals surface area contributed by atoms with Gasteiger partial charge >= 0.3 is 0 Å². The summed E-state index contributed by atoms with van der Waals surface area (Å²) < 4.78 is 10.8. The van der Waals surface area contributed by atoms with Gasteiger partial charge in [0.25, 0.3) is 0 Å². The van der Waals surface area contributed by atoms with Gasteiger partial charge in [0.1, 0.15) is 11.5 Å². The molecule has 0 spiro atoms. The van der Waals surface area contributed by atoms with Gasteiger partial charge in [0.2, 0.25) is 0 Å². The number of methoxy groups -OCH3 is 2. The summed E-state index contributed by atoms with van der Waals surface area (Å²) in [4.78, 5) is 0. The van der Waals surface area contributed by atoms with E-state index in [-0.39, 0.29) is 6.04 Å². The third-order valence-electron chi connectivity index (χ3n) is 6.01. The molecule has 3 rings (SSSR count). The van der Waals surface area contributed by atoms with Crippen LogP contribution >= 0.6 is 0 Å². The van der Waals surface area contributed by atoms with Crippen LogP contribution in [0.4, 0.5) is 0 Å². The van der Waals surface area contributed by atoms with Crippen molar-refractivity contribution < 1.29 is 19.7 Å². The highest BCUT2D eigenvalue weighted by atomic mass is 16.5. The molecule has 5 heteroatoms. The molecule has 3 aromatic rings. The van der Waals surface area contributed by atoms with Crippen molar-refractivity contribution in [3.8, 4) is 11.5 Å². The molecule has 3 N–H and O–H groups in total. The number of hydrogen-bond acceptors (Lipinski definition) is 5. The molecule has 2 atom stereocenters. The largest absolute Gasteiger partial charge is 0.496 e. The molecule has 0 fully saturated rings. The van der Waals surface area contributed by atoms with Gasteiger partial charge < -0.3 is 25.0 Å². The molecule has 0 radical (unpaired) electrons. The lowest BCUT2D eigenvalue weighted by Crippen LogP contribution is -2.29. The number of benzene rings is 3. The lowest BCUT2D eigenvalue weighted by Gasteiger charge is -2.23. The van der Waals surface area contributed by atoms with Gasteiger partial charge in [-0.25, -0.2) is 0 Å². The van der Waals surface area contributed by atoms with Crippen molar-refractivity contribution in [3.63, 3.8) is 0 Å². The Labute approximate surface area is 197 Å². The molecular weight excluding hydrogens is 414 g/mol. The quantitative estimate of drug-likeness (QED) is 0.335. The maximum atomic E-state index is 10.8. The predicted octanol–water partition coefficient (Wildman–Crippen LogP) is 5.19. The van der Waals surface area contributed by atoms with Crippen molar-refractivity contribution >= 4 is 0 Å². The van der Waals surface area contributed by atoms with Crippen LogP contribution in [-0.4, -0.2) is 30.5 Å². The first kappa shape index (κ1) is 24.8. The highest BCUT2D eigenvalue weighted by Crippen LogP contribution is 2.31. The zero-order chi connectivity index (χ0) is 23.5. The zero-order valence-electron chi connectivity index (χ0n) is 19.5. The van der Waals surface area contributed by atoms with Gasteiger partial charge in [-0.2, -0.15) is 0 Å². The zero-order valence-corrected chi connectivity index (χ0v) is 19.5. The van der Waals surface area contributed by atoms with Crippen molar-refractivity contribution in [2.75, 3.05) is 14.2 Å². The minimum Gasteiger partial charge on any atom is -0.496 e. The fraction of sp³-hybridized carbons (Fsp3) is 0.357. The summed E-state index contributed by atoms with van der Waals surface area (Å²) in [5, 5.41) is 25.3. The van der Waals surface area contributed by atoms with E-state index in [4.69, 9.17) is 9.47 Å². The molecule has 0 aromatic heterocycles. The molecule has 33 heavy (non-hydrogen) atoms. The van der Waals surface area contributed by atoms with Crippen molar-refractivity contribution in [2.45, 2.75) is 50.5 Å². The molecule has 0 aliphatic heterocycles. The first-order valence-electron chi connectivity index (χ1n) is 11.5. The molecule has 0 saturated heterocycles. The van der Waals surface area contributed by atoms with Crippen LogP contribution in [0, 0.1) is 0 Å². The number of aliphatic hydroxyl groups is 2. The lowest BCUT2D eigenvalue weighted by atomic mass is 9.95. The Balaban J connectivity index is 1.63. The number of aliphatic hydroxyl groups excluding tert-OH is 2. The number of hydrogen-bond donors (Lipinski definition) is 3. The van der Waals surface area contributed by atoms with E-state index in [0.717, 1.165) is 30.5 Å². The van der Waals surface area contributed by atoms with E-state index in [0.29, 0.717) is 24.3 Å². The summed E-state index contributed by atoms with van der Waals surface area (Å²) in [6, 6.07) is 25.6. The standard InChI is InChI=1S/C28H35NO4/c1-32-27-14-8-6-12-23(27)25(30)18-16-22(29-20-21-10-4-3-5-11-21)17-19-26(31)24-13-7-9-15-28(24)33-2/h3-15,22,25-26,29-31H,16-20H2,1-2H3/t25-,26-/m1/s1. The topological polar surface area (TPSA) is 71.0 Å². The lowest BCUT2D eigenvalue weighted by molar-refractivity contribution is 0.142. The Bertz CT molecular complexity index is 905. The van der Waals surface area contributed by atoms with E-state index < -0.39 is 12.2 Å². The van der Waals surface area contributed by atoms with Crippen LogP contribution in [0.25, 0.3) is 0 Å². The van der Waals surface area contributed by atoms with Crippen molar-refractivity contribution in [1.29, 1.82) is 0 Å². The summed E-state index contributed by atoms with van der Waals surface area (Å²) in [5.74, 6) is 1.40.